The van der Waals surface area contributed by atoms with E-state index in [4.69, 9.17) is 9.47 Å². The Balaban J connectivity index is 1.34. The van der Waals surface area contributed by atoms with Crippen molar-refractivity contribution in [3.8, 4) is 0 Å². The van der Waals surface area contributed by atoms with Crippen molar-refractivity contribution in [2.24, 2.45) is 0 Å². The van der Waals surface area contributed by atoms with Gasteiger partial charge in [-0.2, -0.15) is 0 Å². The molecule has 1 fully saturated rings. The molecule has 0 radical (unpaired) electrons. The number of hydrogen-bond donors (Lipinski definition) is 0. The van der Waals surface area contributed by atoms with Crippen LogP contribution in [0, 0.1) is 0 Å². The molecular weight excluding hydrogens is 376 g/mol. The second-order valence-electron chi connectivity index (χ2n) is 7.82. The van der Waals surface area contributed by atoms with Gasteiger partial charge in [-0.25, -0.2) is 0 Å². The molecule has 2 heterocycles. The smallest absolute Gasteiger partial charge is 0.222 e. The summed E-state index contributed by atoms with van der Waals surface area (Å²) in [6.07, 6.45) is 4.51. The first-order valence-electron chi connectivity index (χ1n) is 10.8. The molecule has 1 amide bonds. The van der Waals surface area contributed by atoms with Crippen LogP contribution < -0.4 is 0 Å². The molecule has 0 N–H and O–H groups in total. The summed E-state index contributed by atoms with van der Waals surface area (Å²) >= 11 is 0. The Kier molecular flexibility index (Phi) is 6.82. The number of carbonyl (C=O) groups excluding carboxylic acids is 1. The van der Waals surface area contributed by atoms with Gasteiger partial charge in [0.2, 0.25) is 5.91 Å². The molecule has 2 aromatic carbocycles. The molecule has 3 aromatic rings. The number of morpholine rings is 1. The lowest BCUT2D eigenvalue weighted by Gasteiger charge is -2.33. The molecule has 30 heavy (non-hydrogen) atoms. The van der Waals surface area contributed by atoms with E-state index < -0.39 is 0 Å². The quantitative estimate of drug-likeness (QED) is 0.563. The zero-order valence-corrected chi connectivity index (χ0v) is 17.6. The second-order valence-corrected chi connectivity index (χ2v) is 7.82. The minimum absolute atomic E-state index is 0.0253. The van der Waals surface area contributed by atoms with Crippen LogP contribution in [-0.4, -0.2) is 48.8 Å². The maximum Gasteiger partial charge on any atom is 0.222 e. The highest BCUT2D eigenvalue weighted by molar-refractivity contribution is 5.84. The van der Waals surface area contributed by atoms with Crippen LogP contribution in [0.5, 0.6) is 0 Å². The molecule has 1 aliphatic rings. The Morgan fingerprint density at radius 1 is 1.13 bits per heavy atom. The third-order valence-electron chi connectivity index (χ3n) is 5.83. The van der Waals surface area contributed by atoms with Crippen LogP contribution in [0.3, 0.4) is 0 Å². The molecule has 158 valence electrons. The molecule has 5 nitrogen and oxygen atoms in total. The number of rotatable bonds is 8. The van der Waals surface area contributed by atoms with Gasteiger partial charge in [0.15, 0.2) is 0 Å². The normalized spacial score (nSPS) is 16.8. The summed E-state index contributed by atoms with van der Waals surface area (Å²) in [5, 5.41) is 1.27. The van der Waals surface area contributed by atoms with Gasteiger partial charge in [-0.15, -0.1) is 0 Å². The average molecular weight is 407 g/mol. The van der Waals surface area contributed by atoms with Gasteiger partial charge in [-0.05, 0) is 30.0 Å². The number of aromatic nitrogens is 1. The number of ether oxygens (including phenoxy) is 2. The van der Waals surface area contributed by atoms with E-state index in [9.17, 15) is 4.79 Å². The van der Waals surface area contributed by atoms with Gasteiger partial charge in [0.05, 0.1) is 19.8 Å². The van der Waals surface area contributed by atoms with Crippen molar-refractivity contribution in [1.82, 2.24) is 9.47 Å². The first kappa shape index (κ1) is 20.6. The minimum atomic E-state index is -0.0253. The Morgan fingerprint density at radius 3 is 2.77 bits per heavy atom. The Morgan fingerprint density at radius 2 is 1.93 bits per heavy atom. The first-order chi connectivity index (χ1) is 14.8. The molecule has 1 aromatic heterocycles. The summed E-state index contributed by atoms with van der Waals surface area (Å²) in [4.78, 5) is 14.8. The number of methoxy groups -OCH3 is 1. The van der Waals surface area contributed by atoms with E-state index >= 15 is 0 Å². The molecule has 1 atom stereocenters. The fraction of sp³-hybridized carbons (Fsp3) is 0.400. The number of benzene rings is 2. The first-order valence-corrected chi connectivity index (χ1v) is 10.8. The Hall–Kier alpha value is -2.63. The van der Waals surface area contributed by atoms with Gasteiger partial charge in [-0.1, -0.05) is 48.5 Å². The van der Waals surface area contributed by atoms with E-state index in [-0.39, 0.29) is 12.0 Å². The van der Waals surface area contributed by atoms with E-state index in [1.165, 1.54) is 16.5 Å². The van der Waals surface area contributed by atoms with E-state index in [1.54, 1.807) is 7.11 Å². The summed E-state index contributed by atoms with van der Waals surface area (Å²) < 4.78 is 13.4. The molecule has 5 heteroatoms. The van der Waals surface area contributed by atoms with Crippen molar-refractivity contribution < 1.29 is 14.3 Å². The molecule has 0 aliphatic carbocycles. The number of nitrogens with zero attached hydrogens (tertiary/aromatic N) is 2. The number of para-hydroxylation sites is 1. The number of amides is 1. The van der Waals surface area contributed by atoms with Gasteiger partial charge < -0.3 is 18.9 Å². The number of aryl methyl sites for hydroxylation is 1. The monoisotopic (exact) mass is 406 g/mol. The topological polar surface area (TPSA) is 43.7 Å². The molecule has 1 aliphatic heterocycles. The number of carbonyl (C=O) groups is 1. The van der Waals surface area contributed by atoms with Crippen LogP contribution >= 0.6 is 0 Å². The Labute approximate surface area is 178 Å². The molecule has 0 spiro atoms. The third kappa shape index (κ3) is 4.74. The number of fused-ring (bicyclic) bond motifs is 1. The van der Waals surface area contributed by atoms with Crippen molar-refractivity contribution in [3.63, 3.8) is 0 Å². The van der Waals surface area contributed by atoms with Crippen molar-refractivity contribution >= 4 is 16.8 Å². The van der Waals surface area contributed by atoms with Crippen molar-refractivity contribution in [1.29, 1.82) is 0 Å². The van der Waals surface area contributed by atoms with E-state index in [2.05, 4.69) is 47.2 Å². The lowest BCUT2D eigenvalue weighted by molar-refractivity contribution is -0.139. The van der Waals surface area contributed by atoms with Crippen LogP contribution in [0.2, 0.25) is 0 Å². The standard InChI is InChI=1S/C25H30N2O3/c1-29-16-14-26-18-21(22-11-5-6-12-23(22)26)10-7-13-25(28)27-15-17-30-24(19-27)20-8-3-2-4-9-20/h2-6,8-9,11-12,18,24H,7,10,13-17,19H2,1H3. The third-order valence-corrected chi connectivity index (χ3v) is 5.83. The van der Waals surface area contributed by atoms with Crippen LogP contribution in [-0.2, 0) is 27.2 Å². The van der Waals surface area contributed by atoms with E-state index in [0.717, 1.165) is 24.9 Å². The van der Waals surface area contributed by atoms with E-state index in [1.807, 2.05) is 23.1 Å². The average Bonchev–Trinajstić information content (AvgIpc) is 3.16. The zero-order chi connectivity index (χ0) is 20.8. The van der Waals surface area contributed by atoms with Gasteiger partial charge in [0, 0.05) is 43.7 Å². The van der Waals surface area contributed by atoms with Crippen LogP contribution in [0.4, 0.5) is 0 Å². The van der Waals surface area contributed by atoms with Crippen LogP contribution in [0.15, 0.2) is 60.8 Å². The van der Waals surface area contributed by atoms with Crippen molar-refractivity contribution in [2.75, 3.05) is 33.4 Å². The lowest BCUT2D eigenvalue weighted by atomic mass is 10.1. The zero-order valence-electron chi connectivity index (χ0n) is 17.6. The summed E-state index contributed by atoms with van der Waals surface area (Å²) in [5.41, 5.74) is 3.67. The van der Waals surface area contributed by atoms with Gasteiger partial charge in [0.25, 0.3) is 0 Å². The molecule has 0 bridgehead atoms. The Bertz CT molecular complexity index is 967. The minimum Gasteiger partial charge on any atom is -0.383 e. The lowest BCUT2D eigenvalue weighted by Crippen LogP contribution is -2.42. The van der Waals surface area contributed by atoms with Gasteiger partial charge in [0.1, 0.15) is 6.10 Å². The van der Waals surface area contributed by atoms with Gasteiger partial charge >= 0.3 is 0 Å². The summed E-state index contributed by atoms with van der Waals surface area (Å²) in [6.45, 7) is 3.44. The molecular formula is C25H30N2O3. The summed E-state index contributed by atoms with van der Waals surface area (Å²) in [6, 6.07) is 18.6. The van der Waals surface area contributed by atoms with Crippen molar-refractivity contribution in [2.45, 2.75) is 31.9 Å². The molecule has 4 rings (SSSR count). The van der Waals surface area contributed by atoms with Gasteiger partial charge in [-0.3, -0.25) is 4.79 Å². The van der Waals surface area contributed by atoms with Crippen LogP contribution in [0.1, 0.15) is 30.1 Å². The fourth-order valence-electron chi connectivity index (χ4n) is 4.23. The fourth-order valence-corrected chi connectivity index (χ4v) is 4.23. The summed E-state index contributed by atoms with van der Waals surface area (Å²) in [5.74, 6) is 0.224. The molecule has 0 saturated carbocycles. The second kappa shape index (κ2) is 9.92. The maximum atomic E-state index is 12.8. The molecule has 1 saturated heterocycles. The highest BCUT2D eigenvalue weighted by atomic mass is 16.5. The highest BCUT2D eigenvalue weighted by Gasteiger charge is 2.25. The summed E-state index contributed by atoms with van der Waals surface area (Å²) in [7, 11) is 1.73. The van der Waals surface area contributed by atoms with Crippen LogP contribution in [0.25, 0.3) is 10.9 Å². The van der Waals surface area contributed by atoms with E-state index in [0.29, 0.717) is 32.7 Å². The predicted molar refractivity (Wildman–Crippen MR) is 118 cm³/mol. The largest absolute Gasteiger partial charge is 0.383 e. The van der Waals surface area contributed by atoms with Crippen molar-refractivity contribution in [3.05, 3.63) is 71.9 Å². The number of hydrogen-bond acceptors (Lipinski definition) is 3. The highest BCUT2D eigenvalue weighted by Crippen LogP contribution is 2.25. The molecule has 1 unspecified atom stereocenters. The maximum absolute atomic E-state index is 12.8. The SMILES string of the molecule is COCCn1cc(CCCC(=O)N2CCOC(c3ccccc3)C2)c2ccccc21. The predicted octanol–water partition coefficient (Wildman–Crippen LogP) is 4.21.